The number of fused-ring (bicyclic) bond motifs is 1. The van der Waals surface area contributed by atoms with Crippen LogP contribution >= 0.6 is 0 Å². The Morgan fingerprint density at radius 2 is 1.89 bits per heavy atom. The Hall–Kier alpha value is -1.08. The number of aliphatic hydroxyl groups is 1. The van der Waals surface area contributed by atoms with Crippen molar-refractivity contribution in [1.82, 2.24) is 0 Å². The van der Waals surface area contributed by atoms with Crippen molar-refractivity contribution in [3.8, 4) is 0 Å². The maximum Gasteiger partial charge on any atom is 0.0707 e. The minimum Gasteiger partial charge on any atom is -0.389 e. The first-order chi connectivity index (χ1) is 8.51. The molecule has 0 aromatic heterocycles. The van der Waals surface area contributed by atoms with Gasteiger partial charge in [-0.3, -0.25) is 0 Å². The van der Waals surface area contributed by atoms with E-state index in [0.29, 0.717) is 0 Å². The first-order valence-corrected chi connectivity index (χ1v) is 6.97. The van der Waals surface area contributed by atoms with Crippen LogP contribution in [0.25, 0.3) is 0 Å². The molecule has 1 aliphatic rings. The van der Waals surface area contributed by atoms with Crippen LogP contribution in [-0.4, -0.2) is 10.7 Å². The van der Waals surface area contributed by atoms with Crippen LogP contribution in [0.5, 0.6) is 0 Å². The molecule has 1 aliphatic carbocycles. The molecule has 0 radical (unpaired) electrons. The van der Waals surface area contributed by atoms with Gasteiger partial charge in [0.05, 0.1) is 5.60 Å². The Morgan fingerprint density at radius 1 is 1.22 bits per heavy atom. The van der Waals surface area contributed by atoms with Gasteiger partial charge in [0.25, 0.3) is 0 Å². The third kappa shape index (κ3) is 2.84. The van der Waals surface area contributed by atoms with E-state index >= 15 is 0 Å². The van der Waals surface area contributed by atoms with Crippen LogP contribution in [0, 0.1) is 5.92 Å². The maximum absolute atomic E-state index is 10.8. The van der Waals surface area contributed by atoms with Crippen molar-refractivity contribution in [2.45, 2.75) is 51.6 Å². The highest BCUT2D eigenvalue weighted by Gasteiger charge is 2.31. The first kappa shape index (κ1) is 13.4. The molecule has 1 heteroatoms. The van der Waals surface area contributed by atoms with Crippen LogP contribution < -0.4 is 0 Å². The van der Waals surface area contributed by atoms with E-state index in [9.17, 15) is 5.11 Å². The van der Waals surface area contributed by atoms with Gasteiger partial charge in [-0.05, 0) is 49.1 Å². The van der Waals surface area contributed by atoms with Crippen molar-refractivity contribution < 1.29 is 5.11 Å². The molecule has 0 fully saturated rings. The summed E-state index contributed by atoms with van der Waals surface area (Å²) in [6.07, 6.45) is 4.64. The second kappa shape index (κ2) is 5.27. The molecule has 98 valence electrons. The SMILES string of the molecule is C=C1Cc2ccccc2CCCC(O)(C(C)C)C1. The third-order valence-electron chi connectivity index (χ3n) is 4.25. The zero-order valence-corrected chi connectivity index (χ0v) is 11.6. The van der Waals surface area contributed by atoms with E-state index in [-0.39, 0.29) is 5.92 Å². The monoisotopic (exact) mass is 244 g/mol. The van der Waals surface area contributed by atoms with Gasteiger partial charge in [-0.2, -0.15) is 0 Å². The molecule has 1 atom stereocenters. The lowest BCUT2D eigenvalue weighted by Crippen LogP contribution is -2.35. The summed E-state index contributed by atoms with van der Waals surface area (Å²) in [6, 6.07) is 8.61. The molecule has 0 saturated heterocycles. The predicted molar refractivity (Wildman–Crippen MR) is 76.6 cm³/mol. The summed E-state index contributed by atoms with van der Waals surface area (Å²) in [7, 11) is 0. The molecule has 2 rings (SSSR count). The van der Waals surface area contributed by atoms with Gasteiger partial charge in [-0.1, -0.05) is 50.3 Å². The minimum atomic E-state index is -0.570. The molecular formula is C17H24O. The van der Waals surface area contributed by atoms with Gasteiger partial charge in [0.15, 0.2) is 0 Å². The van der Waals surface area contributed by atoms with Crippen LogP contribution in [0.2, 0.25) is 0 Å². The highest BCUT2D eigenvalue weighted by Crippen LogP contribution is 2.33. The van der Waals surface area contributed by atoms with Crippen molar-refractivity contribution in [1.29, 1.82) is 0 Å². The number of benzene rings is 1. The van der Waals surface area contributed by atoms with Crippen LogP contribution in [0.15, 0.2) is 36.4 Å². The Balaban J connectivity index is 2.25. The van der Waals surface area contributed by atoms with Crippen LogP contribution in [0.3, 0.4) is 0 Å². The van der Waals surface area contributed by atoms with Gasteiger partial charge in [-0.15, -0.1) is 0 Å². The Morgan fingerprint density at radius 3 is 2.56 bits per heavy atom. The van der Waals surface area contributed by atoms with Crippen molar-refractivity contribution in [2.75, 3.05) is 0 Å². The third-order valence-corrected chi connectivity index (χ3v) is 4.25. The van der Waals surface area contributed by atoms with Gasteiger partial charge < -0.3 is 5.11 Å². The molecule has 0 amide bonds. The summed E-state index contributed by atoms with van der Waals surface area (Å²) in [5.41, 5.74) is 3.39. The largest absolute Gasteiger partial charge is 0.389 e. The number of aryl methyl sites for hydroxylation is 1. The molecule has 0 aliphatic heterocycles. The van der Waals surface area contributed by atoms with Crippen LogP contribution in [0.1, 0.15) is 44.2 Å². The summed E-state index contributed by atoms with van der Waals surface area (Å²) in [4.78, 5) is 0. The van der Waals surface area contributed by atoms with Gasteiger partial charge in [0, 0.05) is 0 Å². The fourth-order valence-electron chi connectivity index (χ4n) is 2.90. The van der Waals surface area contributed by atoms with Crippen molar-refractivity contribution >= 4 is 0 Å². The quantitative estimate of drug-likeness (QED) is 0.743. The molecule has 0 saturated carbocycles. The molecule has 1 unspecified atom stereocenters. The van der Waals surface area contributed by atoms with Gasteiger partial charge in [0.1, 0.15) is 0 Å². The molecule has 0 spiro atoms. The molecule has 0 bridgehead atoms. The lowest BCUT2D eigenvalue weighted by molar-refractivity contribution is -0.0141. The average molecular weight is 244 g/mol. The molecule has 1 N–H and O–H groups in total. The van der Waals surface area contributed by atoms with E-state index in [4.69, 9.17) is 0 Å². The summed E-state index contributed by atoms with van der Waals surface area (Å²) >= 11 is 0. The van der Waals surface area contributed by atoms with E-state index in [0.717, 1.165) is 37.7 Å². The van der Waals surface area contributed by atoms with Crippen LogP contribution in [0.4, 0.5) is 0 Å². The minimum absolute atomic E-state index is 0.287. The molecule has 1 aromatic carbocycles. The van der Waals surface area contributed by atoms with E-state index in [1.807, 2.05) is 0 Å². The molecular weight excluding hydrogens is 220 g/mol. The lowest BCUT2D eigenvalue weighted by Gasteiger charge is -2.32. The standard InChI is InChI=1S/C17H24O/c1-13(2)17(18)10-6-9-15-7-4-5-8-16(15)11-14(3)12-17/h4-5,7-8,13,18H,3,6,9-12H2,1-2H3. The van der Waals surface area contributed by atoms with Crippen molar-refractivity contribution in [3.63, 3.8) is 0 Å². The Kier molecular flexibility index (Phi) is 3.91. The van der Waals surface area contributed by atoms with Crippen molar-refractivity contribution in [2.24, 2.45) is 5.92 Å². The van der Waals surface area contributed by atoms with Crippen LogP contribution in [-0.2, 0) is 12.8 Å². The second-order valence-electron chi connectivity index (χ2n) is 5.98. The van der Waals surface area contributed by atoms with Gasteiger partial charge in [-0.25, -0.2) is 0 Å². The molecule has 18 heavy (non-hydrogen) atoms. The van der Waals surface area contributed by atoms with E-state index < -0.39 is 5.60 Å². The average Bonchev–Trinajstić information content (AvgIpc) is 2.36. The number of hydrogen-bond acceptors (Lipinski definition) is 1. The number of rotatable bonds is 1. The van der Waals surface area contributed by atoms with Gasteiger partial charge >= 0.3 is 0 Å². The van der Waals surface area contributed by atoms with Gasteiger partial charge in [0.2, 0.25) is 0 Å². The highest BCUT2D eigenvalue weighted by atomic mass is 16.3. The second-order valence-corrected chi connectivity index (χ2v) is 5.98. The highest BCUT2D eigenvalue weighted by molar-refractivity contribution is 5.31. The zero-order chi connectivity index (χ0) is 13.2. The summed E-state index contributed by atoms with van der Waals surface area (Å²) in [5.74, 6) is 0.287. The maximum atomic E-state index is 10.8. The number of hydrogen-bond donors (Lipinski definition) is 1. The Labute approximate surface area is 111 Å². The molecule has 1 aromatic rings. The summed E-state index contributed by atoms with van der Waals surface area (Å²) in [5, 5.41) is 10.8. The smallest absolute Gasteiger partial charge is 0.0707 e. The van der Waals surface area contributed by atoms with E-state index in [1.165, 1.54) is 11.1 Å². The molecule has 0 heterocycles. The summed E-state index contributed by atoms with van der Waals surface area (Å²) < 4.78 is 0. The zero-order valence-electron chi connectivity index (χ0n) is 11.6. The lowest BCUT2D eigenvalue weighted by atomic mass is 9.80. The predicted octanol–water partition coefficient (Wildman–Crippen LogP) is 3.90. The summed E-state index contributed by atoms with van der Waals surface area (Å²) in [6.45, 7) is 8.39. The fraction of sp³-hybridized carbons (Fsp3) is 0.529. The van der Waals surface area contributed by atoms with E-state index in [2.05, 4.69) is 44.7 Å². The molecule has 1 nitrogen and oxygen atoms in total. The topological polar surface area (TPSA) is 20.2 Å². The fourth-order valence-corrected chi connectivity index (χ4v) is 2.90. The van der Waals surface area contributed by atoms with E-state index in [1.54, 1.807) is 0 Å². The Bertz CT molecular complexity index is 433. The normalized spacial score (nSPS) is 25.2. The first-order valence-electron chi connectivity index (χ1n) is 6.97. The van der Waals surface area contributed by atoms with Crippen molar-refractivity contribution in [3.05, 3.63) is 47.5 Å².